The molecule has 8 nitrogen and oxygen atoms in total. The van der Waals surface area contributed by atoms with Crippen LogP contribution in [0.15, 0.2) is 46.8 Å². The number of rotatable bonds is 2. The van der Waals surface area contributed by atoms with Crippen LogP contribution in [0.3, 0.4) is 0 Å². The number of ether oxygens (including phenoxy) is 4. The Morgan fingerprint density at radius 1 is 0.939 bits per heavy atom. The van der Waals surface area contributed by atoms with Gasteiger partial charge in [-0.2, -0.15) is 10.5 Å². The molecule has 0 amide bonds. The van der Waals surface area contributed by atoms with Crippen LogP contribution in [-0.4, -0.2) is 18.2 Å². The Morgan fingerprint density at radius 3 is 2.36 bits per heavy atom. The molecule has 3 aliphatic heterocycles. The molecule has 2 aromatic carbocycles. The number of benzene rings is 2. The van der Waals surface area contributed by atoms with Gasteiger partial charge in [-0.1, -0.05) is 12.1 Å². The lowest BCUT2D eigenvalue weighted by molar-refractivity contribution is 0.173. The van der Waals surface area contributed by atoms with Crippen LogP contribution >= 0.6 is 11.3 Å². The second-order valence-electron chi connectivity index (χ2n) is 7.47. The summed E-state index contributed by atoms with van der Waals surface area (Å²) < 4.78 is 23.9. The predicted octanol–water partition coefficient (Wildman–Crippen LogP) is 2.03. The lowest BCUT2D eigenvalue weighted by atomic mass is 9.85. The Hall–Kier alpha value is -4.47. The number of aromatic nitrogens is 1. The highest BCUT2D eigenvalue weighted by Crippen LogP contribution is 2.40. The van der Waals surface area contributed by atoms with Crippen LogP contribution in [0.1, 0.15) is 17.0 Å². The van der Waals surface area contributed by atoms with E-state index < -0.39 is 5.92 Å². The normalized spacial score (nSPS) is 17.9. The molecule has 33 heavy (non-hydrogen) atoms. The first-order valence-corrected chi connectivity index (χ1v) is 10.8. The van der Waals surface area contributed by atoms with E-state index in [2.05, 4.69) is 12.1 Å². The molecular formula is C24H13N3O5S. The van der Waals surface area contributed by atoms with E-state index >= 15 is 0 Å². The maximum atomic E-state index is 13.1. The molecule has 1 atom stereocenters. The molecule has 0 saturated carbocycles. The first-order valence-electron chi connectivity index (χ1n) is 9.94. The van der Waals surface area contributed by atoms with E-state index in [0.717, 1.165) is 11.1 Å². The maximum absolute atomic E-state index is 13.1. The molecule has 0 spiro atoms. The van der Waals surface area contributed by atoms with E-state index in [-0.39, 0.29) is 19.1 Å². The Labute approximate surface area is 190 Å². The van der Waals surface area contributed by atoms with Gasteiger partial charge in [0.1, 0.15) is 4.66 Å². The van der Waals surface area contributed by atoms with Crippen LogP contribution in [0.2, 0.25) is 0 Å². The summed E-state index contributed by atoms with van der Waals surface area (Å²) in [5.74, 6) is 1.84. The average Bonchev–Trinajstić information content (AvgIpc) is 3.56. The third-order valence-corrected chi connectivity index (χ3v) is 6.75. The van der Waals surface area contributed by atoms with E-state index in [0.29, 0.717) is 43.3 Å². The van der Waals surface area contributed by atoms with Crippen molar-refractivity contribution >= 4 is 29.2 Å². The van der Waals surface area contributed by atoms with Crippen LogP contribution < -0.4 is 33.7 Å². The summed E-state index contributed by atoms with van der Waals surface area (Å²) in [6.07, 6.45) is 3.26. The molecule has 0 unspecified atom stereocenters. The van der Waals surface area contributed by atoms with Gasteiger partial charge in [0.25, 0.3) is 5.56 Å². The molecule has 0 N–H and O–H groups in total. The highest BCUT2D eigenvalue weighted by Gasteiger charge is 2.30. The van der Waals surface area contributed by atoms with E-state index in [1.807, 2.05) is 12.1 Å². The number of nitrogens with zero attached hydrogens (tertiary/aromatic N) is 3. The van der Waals surface area contributed by atoms with Gasteiger partial charge in [0, 0.05) is 6.20 Å². The molecular weight excluding hydrogens is 442 g/mol. The standard InChI is InChI=1S/C24H13N3O5S/c25-8-15-10-27-23(28)21(6-13-1-3-17-19(5-13)31-11-29-17)33-24(27)16(9-26)22(15)14-2-4-18-20(7-14)32-12-30-18/h1-7,10,22H,11-12H2/b21-6+/t22-/m0/s1. The minimum atomic E-state index is -0.606. The molecule has 0 radical (unpaired) electrons. The summed E-state index contributed by atoms with van der Waals surface area (Å²) in [5, 5.41) is 19.9. The van der Waals surface area contributed by atoms with Crippen molar-refractivity contribution in [3.63, 3.8) is 0 Å². The minimum absolute atomic E-state index is 0.128. The zero-order chi connectivity index (χ0) is 22.5. The van der Waals surface area contributed by atoms with Gasteiger partial charge in [-0.15, -0.1) is 11.3 Å². The molecule has 0 saturated heterocycles. The fraction of sp³-hybridized carbons (Fsp3) is 0.125. The molecule has 1 aromatic heterocycles. The Balaban J connectivity index is 1.54. The lowest BCUT2D eigenvalue weighted by Gasteiger charge is -2.19. The number of hydrogen-bond acceptors (Lipinski definition) is 8. The van der Waals surface area contributed by atoms with Gasteiger partial charge >= 0.3 is 0 Å². The van der Waals surface area contributed by atoms with Gasteiger partial charge in [-0.25, -0.2) is 0 Å². The number of nitriles is 2. The third kappa shape index (κ3) is 2.99. The zero-order valence-electron chi connectivity index (χ0n) is 16.9. The third-order valence-electron chi connectivity index (χ3n) is 5.63. The van der Waals surface area contributed by atoms with E-state index in [4.69, 9.17) is 18.9 Å². The highest BCUT2D eigenvalue weighted by atomic mass is 32.1. The molecule has 160 valence electrons. The van der Waals surface area contributed by atoms with Crippen molar-refractivity contribution in [2.45, 2.75) is 5.92 Å². The number of allylic oxidation sites excluding steroid dienone is 1. The fourth-order valence-electron chi connectivity index (χ4n) is 4.09. The minimum Gasteiger partial charge on any atom is -0.454 e. The van der Waals surface area contributed by atoms with E-state index in [1.54, 1.807) is 30.3 Å². The molecule has 0 aliphatic carbocycles. The van der Waals surface area contributed by atoms with Gasteiger partial charge in [-0.05, 0) is 41.5 Å². The van der Waals surface area contributed by atoms with Gasteiger partial charge in [0.2, 0.25) is 13.6 Å². The summed E-state index contributed by atoms with van der Waals surface area (Å²) in [7, 11) is 0. The summed E-state index contributed by atoms with van der Waals surface area (Å²) >= 11 is 1.21. The van der Waals surface area contributed by atoms with Crippen molar-refractivity contribution < 1.29 is 18.9 Å². The first kappa shape index (κ1) is 19.2. The summed E-state index contributed by atoms with van der Waals surface area (Å²) in [5.41, 5.74) is 1.83. The largest absolute Gasteiger partial charge is 0.454 e. The van der Waals surface area contributed by atoms with E-state index in [1.165, 1.54) is 22.1 Å². The van der Waals surface area contributed by atoms with Crippen LogP contribution in [-0.2, 0) is 0 Å². The summed E-state index contributed by atoms with van der Waals surface area (Å²) in [6, 6.07) is 15.2. The lowest BCUT2D eigenvalue weighted by Crippen LogP contribution is -2.32. The molecule has 9 heteroatoms. The van der Waals surface area contributed by atoms with E-state index in [9.17, 15) is 15.3 Å². The van der Waals surface area contributed by atoms with Gasteiger partial charge in [0.15, 0.2) is 23.0 Å². The van der Waals surface area contributed by atoms with Crippen molar-refractivity contribution in [2.24, 2.45) is 0 Å². The van der Waals surface area contributed by atoms with Crippen LogP contribution in [0.4, 0.5) is 0 Å². The van der Waals surface area contributed by atoms with Crippen molar-refractivity contribution in [1.29, 1.82) is 10.5 Å². The summed E-state index contributed by atoms with van der Waals surface area (Å²) in [4.78, 5) is 13.1. The van der Waals surface area contributed by atoms with Gasteiger partial charge in [0.05, 0.1) is 33.7 Å². The molecule has 3 aliphatic rings. The monoisotopic (exact) mass is 455 g/mol. The fourth-order valence-corrected chi connectivity index (χ4v) is 5.19. The highest BCUT2D eigenvalue weighted by molar-refractivity contribution is 7.07. The number of hydrogen-bond donors (Lipinski definition) is 0. The predicted molar refractivity (Wildman–Crippen MR) is 118 cm³/mol. The summed E-state index contributed by atoms with van der Waals surface area (Å²) in [6.45, 7) is 0.293. The average molecular weight is 455 g/mol. The second kappa shape index (κ2) is 7.30. The van der Waals surface area contributed by atoms with Crippen molar-refractivity contribution in [2.75, 3.05) is 13.6 Å². The topological polar surface area (TPSA) is 106 Å². The molecule has 6 rings (SSSR count). The number of thiazole rings is 1. The zero-order valence-corrected chi connectivity index (χ0v) is 17.7. The Bertz CT molecular complexity index is 1630. The molecule has 0 bridgehead atoms. The van der Waals surface area contributed by atoms with Gasteiger partial charge in [-0.3, -0.25) is 9.36 Å². The SMILES string of the molecule is N#CC1=Cn2c(s/c(=C/c3ccc4c(c3)OCO4)c2=O)=C(C#N)[C@H]1c1ccc2c(c1)OCO2. The van der Waals surface area contributed by atoms with Crippen LogP contribution in [0, 0.1) is 22.7 Å². The molecule has 3 aromatic rings. The quantitative estimate of drug-likeness (QED) is 0.582. The van der Waals surface area contributed by atoms with Crippen LogP contribution in [0.5, 0.6) is 23.0 Å². The molecule has 4 heterocycles. The second-order valence-corrected chi connectivity index (χ2v) is 8.50. The Morgan fingerprint density at radius 2 is 1.64 bits per heavy atom. The number of fused-ring (bicyclic) bond motifs is 3. The smallest absolute Gasteiger partial charge is 0.273 e. The van der Waals surface area contributed by atoms with Crippen LogP contribution in [0.25, 0.3) is 17.8 Å². The van der Waals surface area contributed by atoms with Gasteiger partial charge < -0.3 is 18.9 Å². The van der Waals surface area contributed by atoms with Crippen molar-refractivity contribution in [3.05, 3.63) is 72.6 Å². The van der Waals surface area contributed by atoms with Crippen molar-refractivity contribution in [1.82, 2.24) is 4.57 Å². The first-order chi connectivity index (χ1) is 16.2. The van der Waals surface area contributed by atoms with Crippen molar-refractivity contribution in [3.8, 4) is 35.1 Å². The molecule has 0 fully saturated rings. The Kier molecular flexibility index (Phi) is 4.25. The maximum Gasteiger partial charge on any atom is 0.273 e.